The second-order valence-corrected chi connectivity index (χ2v) is 11.5. The van der Waals surface area contributed by atoms with Crippen LogP contribution in [0.2, 0.25) is 0 Å². The number of nitrogens with one attached hydrogen (secondary N) is 2. The number of rotatable bonds is 10. The quantitative estimate of drug-likeness (QED) is 0.219. The molecule has 0 radical (unpaired) electrons. The van der Waals surface area contributed by atoms with Crippen LogP contribution in [0.1, 0.15) is 60.3 Å². The molecule has 3 aromatic carbocycles. The van der Waals surface area contributed by atoms with E-state index in [-0.39, 0.29) is 12.8 Å². The SMILES string of the molecule is CC(C)(C)OC(=O)N[C@@H](Cc1ccccc1)[C@@H](O)C[C@H](C(=O)NC1c2ccccc2C[C@@H]1O)C(=O)c1ccccc1. The number of hydrogen-bond acceptors (Lipinski definition) is 6. The standard InChI is InChI=1S/C33H38N2O6/c1-33(2,3)41-32(40)34-26(18-21-12-6-4-7-13-21)27(36)20-25(30(38)22-14-8-5-9-15-22)31(39)35-29-24-17-11-10-16-23(24)19-28(29)37/h4-17,25-29,36-37H,18-20H2,1-3H3,(H,34,40)(H,35,39)/t25-,26-,27-,28-,29?/m0/s1. The van der Waals surface area contributed by atoms with E-state index in [1.54, 1.807) is 51.1 Å². The molecule has 41 heavy (non-hydrogen) atoms. The van der Waals surface area contributed by atoms with Gasteiger partial charge in [-0.2, -0.15) is 0 Å². The lowest BCUT2D eigenvalue weighted by Gasteiger charge is -2.29. The number of benzene rings is 3. The van der Waals surface area contributed by atoms with Crippen molar-refractivity contribution >= 4 is 17.8 Å². The summed E-state index contributed by atoms with van der Waals surface area (Å²) < 4.78 is 5.42. The summed E-state index contributed by atoms with van der Waals surface area (Å²) in [7, 11) is 0. The van der Waals surface area contributed by atoms with Crippen molar-refractivity contribution in [2.45, 2.75) is 69.9 Å². The second kappa shape index (κ2) is 13.1. The number of Topliss-reactive ketones (excluding diaryl/α,β-unsaturated/α-hetero) is 1. The fraction of sp³-hybridized carbons (Fsp3) is 0.364. The Bertz CT molecular complexity index is 1340. The van der Waals surface area contributed by atoms with Crippen molar-refractivity contribution < 1.29 is 29.3 Å². The third-order valence-corrected chi connectivity index (χ3v) is 7.14. The normalized spacial score (nSPS) is 18.5. The van der Waals surface area contributed by atoms with Crippen LogP contribution in [-0.4, -0.2) is 51.8 Å². The van der Waals surface area contributed by atoms with E-state index in [2.05, 4.69) is 10.6 Å². The molecule has 1 aliphatic carbocycles. The first kappa shape index (κ1) is 30.0. The van der Waals surface area contributed by atoms with Crippen LogP contribution < -0.4 is 10.6 Å². The van der Waals surface area contributed by atoms with Gasteiger partial charge in [-0.15, -0.1) is 0 Å². The average Bonchev–Trinajstić information content (AvgIpc) is 3.25. The Hall–Kier alpha value is -4.01. The van der Waals surface area contributed by atoms with Gasteiger partial charge >= 0.3 is 6.09 Å². The number of aliphatic hydroxyl groups excluding tert-OH is 2. The van der Waals surface area contributed by atoms with Crippen molar-refractivity contribution in [1.29, 1.82) is 0 Å². The summed E-state index contributed by atoms with van der Waals surface area (Å²) in [6, 6.07) is 23.7. The Morgan fingerprint density at radius 3 is 2.20 bits per heavy atom. The fourth-order valence-corrected chi connectivity index (χ4v) is 5.15. The van der Waals surface area contributed by atoms with E-state index >= 15 is 0 Å². The number of alkyl carbamates (subject to hydrolysis) is 1. The maximum atomic E-state index is 13.7. The molecule has 0 aliphatic heterocycles. The smallest absolute Gasteiger partial charge is 0.407 e. The van der Waals surface area contributed by atoms with Crippen LogP contribution in [0.25, 0.3) is 0 Å². The van der Waals surface area contributed by atoms with E-state index in [0.717, 1.165) is 16.7 Å². The monoisotopic (exact) mass is 558 g/mol. The predicted octanol–water partition coefficient (Wildman–Crippen LogP) is 4.15. The van der Waals surface area contributed by atoms with Crippen molar-refractivity contribution in [2.75, 3.05) is 0 Å². The van der Waals surface area contributed by atoms with Crippen LogP contribution in [0.4, 0.5) is 4.79 Å². The minimum atomic E-state index is -1.27. The minimum Gasteiger partial charge on any atom is -0.444 e. The Morgan fingerprint density at radius 1 is 0.927 bits per heavy atom. The van der Waals surface area contributed by atoms with Gasteiger partial charge in [-0.05, 0) is 50.3 Å². The third kappa shape index (κ3) is 8.02. The lowest BCUT2D eigenvalue weighted by molar-refractivity contribution is -0.126. The highest BCUT2D eigenvalue weighted by Crippen LogP contribution is 2.32. The number of carbonyl (C=O) groups is 3. The van der Waals surface area contributed by atoms with Gasteiger partial charge in [-0.25, -0.2) is 4.79 Å². The van der Waals surface area contributed by atoms with Gasteiger partial charge in [0.2, 0.25) is 5.91 Å². The highest BCUT2D eigenvalue weighted by Gasteiger charge is 2.38. The molecule has 0 aromatic heterocycles. The van der Waals surface area contributed by atoms with Crippen LogP contribution in [-0.2, 0) is 22.4 Å². The lowest BCUT2D eigenvalue weighted by atomic mass is 9.87. The molecule has 3 aromatic rings. The molecule has 5 atom stereocenters. The molecule has 4 N–H and O–H groups in total. The van der Waals surface area contributed by atoms with Gasteiger partial charge in [0.1, 0.15) is 11.5 Å². The predicted molar refractivity (Wildman–Crippen MR) is 155 cm³/mol. The van der Waals surface area contributed by atoms with Gasteiger partial charge in [0.15, 0.2) is 5.78 Å². The van der Waals surface area contributed by atoms with Gasteiger partial charge < -0.3 is 25.6 Å². The molecule has 8 nitrogen and oxygen atoms in total. The molecule has 0 saturated heterocycles. The molecule has 216 valence electrons. The van der Waals surface area contributed by atoms with Crippen molar-refractivity contribution in [3.63, 3.8) is 0 Å². The lowest BCUT2D eigenvalue weighted by Crippen LogP contribution is -2.49. The van der Waals surface area contributed by atoms with Gasteiger partial charge in [0.25, 0.3) is 0 Å². The number of amides is 2. The first-order valence-electron chi connectivity index (χ1n) is 13.9. The zero-order chi connectivity index (χ0) is 29.6. The molecule has 1 unspecified atom stereocenters. The van der Waals surface area contributed by atoms with E-state index in [0.29, 0.717) is 12.0 Å². The molecular weight excluding hydrogens is 520 g/mol. The molecular formula is C33H38N2O6. The summed E-state index contributed by atoms with van der Waals surface area (Å²) in [5.74, 6) is -2.33. The Morgan fingerprint density at radius 2 is 1.54 bits per heavy atom. The third-order valence-electron chi connectivity index (χ3n) is 7.14. The van der Waals surface area contributed by atoms with Gasteiger partial charge in [0.05, 0.1) is 24.3 Å². The van der Waals surface area contributed by atoms with Crippen molar-refractivity contribution in [2.24, 2.45) is 5.92 Å². The summed E-state index contributed by atoms with van der Waals surface area (Å²) in [5.41, 5.74) is 2.16. The minimum absolute atomic E-state index is 0.253. The van der Waals surface area contributed by atoms with Gasteiger partial charge in [-0.1, -0.05) is 84.9 Å². The molecule has 1 aliphatic rings. The van der Waals surface area contributed by atoms with Gasteiger partial charge in [-0.3, -0.25) is 9.59 Å². The van der Waals surface area contributed by atoms with Crippen molar-refractivity contribution in [3.05, 3.63) is 107 Å². The van der Waals surface area contributed by atoms with Crippen LogP contribution in [0.3, 0.4) is 0 Å². The molecule has 8 heteroatoms. The molecule has 4 rings (SSSR count). The van der Waals surface area contributed by atoms with E-state index in [1.165, 1.54) is 0 Å². The Labute approximate surface area is 240 Å². The number of fused-ring (bicyclic) bond motifs is 1. The van der Waals surface area contributed by atoms with Crippen LogP contribution >= 0.6 is 0 Å². The summed E-state index contributed by atoms with van der Waals surface area (Å²) in [6.07, 6.45) is -2.43. The van der Waals surface area contributed by atoms with Crippen LogP contribution in [0.15, 0.2) is 84.9 Å². The zero-order valence-electron chi connectivity index (χ0n) is 23.6. The van der Waals surface area contributed by atoms with Crippen LogP contribution in [0.5, 0.6) is 0 Å². The molecule has 0 spiro atoms. The van der Waals surface area contributed by atoms with Crippen molar-refractivity contribution in [1.82, 2.24) is 10.6 Å². The molecule has 2 amide bonds. The Kier molecular flexibility index (Phi) is 9.57. The summed E-state index contributed by atoms with van der Waals surface area (Å²) in [6.45, 7) is 5.22. The van der Waals surface area contributed by atoms with E-state index in [1.807, 2.05) is 54.6 Å². The number of ketones is 1. The summed E-state index contributed by atoms with van der Waals surface area (Å²) in [5, 5.41) is 27.8. The number of carbonyl (C=O) groups excluding carboxylic acids is 3. The fourth-order valence-electron chi connectivity index (χ4n) is 5.15. The first-order chi connectivity index (χ1) is 19.5. The number of ether oxygens (including phenoxy) is 1. The van der Waals surface area contributed by atoms with E-state index in [9.17, 15) is 24.6 Å². The topological polar surface area (TPSA) is 125 Å². The largest absolute Gasteiger partial charge is 0.444 e. The van der Waals surface area contributed by atoms with Crippen LogP contribution in [0, 0.1) is 5.92 Å². The highest BCUT2D eigenvalue weighted by atomic mass is 16.6. The Balaban J connectivity index is 1.59. The maximum absolute atomic E-state index is 13.7. The molecule has 0 saturated carbocycles. The summed E-state index contributed by atoms with van der Waals surface area (Å²) >= 11 is 0. The second-order valence-electron chi connectivity index (χ2n) is 11.5. The van der Waals surface area contributed by atoms with Gasteiger partial charge in [0, 0.05) is 12.0 Å². The molecule has 0 heterocycles. The number of aliphatic hydroxyl groups is 2. The molecule has 0 fully saturated rings. The highest BCUT2D eigenvalue weighted by molar-refractivity contribution is 6.10. The zero-order valence-corrected chi connectivity index (χ0v) is 23.6. The number of hydrogen-bond donors (Lipinski definition) is 4. The average molecular weight is 559 g/mol. The molecule has 0 bridgehead atoms. The first-order valence-corrected chi connectivity index (χ1v) is 13.9. The van der Waals surface area contributed by atoms with E-state index < -0.39 is 53.6 Å². The van der Waals surface area contributed by atoms with Crippen molar-refractivity contribution in [3.8, 4) is 0 Å². The maximum Gasteiger partial charge on any atom is 0.407 e. The summed E-state index contributed by atoms with van der Waals surface area (Å²) in [4.78, 5) is 40.1. The van der Waals surface area contributed by atoms with E-state index in [4.69, 9.17) is 4.74 Å².